The molecule has 3 nitrogen and oxygen atoms in total. The van der Waals surface area contributed by atoms with Gasteiger partial charge in [0.15, 0.2) is 0 Å². The quantitative estimate of drug-likeness (QED) is 0.772. The van der Waals surface area contributed by atoms with Crippen molar-refractivity contribution in [2.45, 2.75) is 32.4 Å². The minimum Gasteiger partial charge on any atom is -0.468 e. The average molecular weight is 251 g/mol. The molecule has 0 radical (unpaired) electrons. The zero-order valence-corrected chi connectivity index (χ0v) is 10.8. The van der Waals surface area contributed by atoms with E-state index >= 15 is 0 Å². The molecule has 0 amide bonds. The fourth-order valence-corrected chi connectivity index (χ4v) is 2.47. The second kappa shape index (κ2) is 5.48. The summed E-state index contributed by atoms with van der Waals surface area (Å²) in [4.78, 5) is 13.7. The van der Waals surface area contributed by atoms with Crippen LogP contribution in [0.15, 0.2) is 18.2 Å². The number of carbonyl (C=O) groups excluding carboxylic acids is 1. The Balaban J connectivity index is 2.10. The van der Waals surface area contributed by atoms with E-state index in [2.05, 4.69) is 4.90 Å². The summed E-state index contributed by atoms with van der Waals surface area (Å²) in [7, 11) is 1.42. The summed E-state index contributed by atoms with van der Waals surface area (Å²) < 4.78 is 17.8. The zero-order valence-electron chi connectivity index (χ0n) is 10.8. The highest BCUT2D eigenvalue weighted by atomic mass is 19.1. The van der Waals surface area contributed by atoms with Crippen LogP contribution in [-0.4, -0.2) is 30.6 Å². The normalized spacial score (nSPS) is 20.1. The molecule has 0 spiro atoms. The molecule has 0 bridgehead atoms. The van der Waals surface area contributed by atoms with Gasteiger partial charge in [-0.1, -0.05) is 6.07 Å². The highest BCUT2D eigenvalue weighted by Gasteiger charge is 2.31. The fourth-order valence-electron chi connectivity index (χ4n) is 2.47. The molecule has 1 fully saturated rings. The van der Waals surface area contributed by atoms with Crippen molar-refractivity contribution in [1.29, 1.82) is 0 Å². The first kappa shape index (κ1) is 13.0. The van der Waals surface area contributed by atoms with Crippen molar-refractivity contribution in [2.24, 2.45) is 0 Å². The Morgan fingerprint density at radius 1 is 1.56 bits per heavy atom. The number of aryl methyl sites for hydroxylation is 1. The number of halogens is 1. The summed E-state index contributed by atoms with van der Waals surface area (Å²) >= 11 is 0. The van der Waals surface area contributed by atoms with Crippen molar-refractivity contribution in [3.8, 4) is 0 Å². The van der Waals surface area contributed by atoms with Gasteiger partial charge in [0, 0.05) is 6.54 Å². The Labute approximate surface area is 107 Å². The molecule has 0 aromatic heterocycles. The van der Waals surface area contributed by atoms with E-state index in [0.717, 1.165) is 30.5 Å². The molecule has 1 saturated heterocycles. The lowest BCUT2D eigenvalue weighted by Crippen LogP contribution is -2.36. The molecule has 1 atom stereocenters. The molecule has 0 saturated carbocycles. The van der Waals surface area contributed by atoms with Crippen LogP contribution in [-0.2, 0) is 16.1 Å². The van der Waals surface area contributed by atoms with Gasteiger partial charge in [-0.15, -0.1) is 0 Å². The Morgan fingerprint density at radius 3 is 3.00 bits per heavy atom. The SMILES string of the molecule is COC(=O)C1CCCN1Cc1ccc(F)cc1C. The molecular weight excluding hydrogens is 233 g/mol. The van der Waals surface area contributed by atoms with Crippen LogP contribution in [0.1, 0.15) is 24.0 Å². The van der Waals surface area contributed by atoms with Gasteiger partial charge in [0.05, 0.1) is 7.11 Å². The Hall–Kier alpha value is -1.42. The first-order valence-corrected chi connectivity index (χ1v) is 6.18. The summed E-state index contributed by atoms with van der Waals surface area (Å²) in [5, 5.41) is 0. The van der Waals surface area contributed by atoms with Gasteiger partial charge >= 0.3 is 5.97 Å². The molecule has 0 aliphatic carbocycles. The standard InChI is InChI=1S/C14H18FNO2/c1-10-8-12(15)6-5-11(10)9-16-7-3-4-13(16)14(17)18-2/h5-6,8,13H,3-4,7,9H2,1-2H3. The summed E-state index contributed by atoms with van der Waals surface area (Å²) in [5.74, 6) is -0.394. The van der Waals surface area contributed by atoms with Crippen LogP contribution >= 0.6 is 0 Å². The van der Waals surface area contributed by atoms with Crippen LogP contribution in [0.5, 0.6) is 0 Å². The molecule has 1 heterocycles. The first-order valence-electron chi connectivity index (χ1n) is 6.18. The van der Waals surface area contributed by atoms with Gasteiger partial charge in [0.2, 0.25) is 0 Å². The fraction of sp³-hybridized carbons (Fsp3) is 0.500. The van der Waals surface area contributed by atoms with Crippen LogP contribution in [0.2, 0.25) is 0 Å². The molecular formula is C14H18FNO2. The van der Waals surface area contributed by atoms with E-state index < -0.39 is 0 Å². The van der Waals surface area contributed by atoms with Crippen LogP contribution in [0.3, 0.4) is 0 Å². The number of ether oxygens (including phenoxy) is 1. The molecule has 1 aromatic rings. The van der Waals surface area contributed by atoms with Crippen molar-refractivity contribution in [3.05, 3.63) is 35.1 Å². The molecule has 1 aliphatic rings. The summed E-state index contributed by atoms with van der Waals surface area (Å²) in [5.41, 5.74) is 1.98. The zero-order chi connectivity index (χ0) is 13.1. The Morgan fingerprint density at radius 2 is 2.33 bits per heavy atom. The predicted molar refractivity (Wildman–Crippen MR) is 66.6 cm³/mol. The lowest BCUT2D eigenvalue weighted by molar-refractivity contribution is -0.146. The number of benzene rings is 1. The van der Waals surface area contributed by atoms with Crippen molar-refractivity contribution in [3.63, 3.8) is 0 Å². The van der Waals surface area contributed by atoms with E-state index in [4.69, 9.17) is 4.74 Å². The van der Waals surface area contributed by atoms with Gasteiger partial charge in [0.25, 0.3) is 0 Å². The second-order valence-corrected chi connectivity index (χ2v) is 4.72. The largest absolute Gasteiger partial charge is 0.468 e. The van der Waals surface area contributed by atoms with Gasteiger partial charge in [-0.3, -0.25) is 9.69 Å². The van der Waals surface area contributed by atoms with Crippen molar-refractivity contribution in [1.82, 2.24) is 4.90 Å². The van der Waals surface area contributed by atoms with E-state index in [9.17, 15) is 9.18 Å². The molecule has 98 valence electrons. The number of likely N-dealkylation sites (tertiary alicyclic amines) is 1. The molecule has 1 aromatic carbocycles. The number of methoxy groups -OCH3 is 1. The summed E-state index contributed by atoms with van der Waals surface area (Å²) in [6, 6.07) is 4.63. The average Bonchev–Trinajstić information content (AvgIpc) is 2.80. The summed E-state index contributed by atoms with van der Waals surface area (Å²) in [6.07, 6.45) is 1.84. The van der Waals surface area contributed by atoms with E-state index in [0.29, 0.717) is 6.54 Å². The third-order valence-corrected chi connectivity index (χ3v) is 3.51. The van der Waals surface area contributed by atoms with Crippen LogP contribution in [0, 0.1) is 12.7 Å². The Bertz CT molecular complexity index is 447. The van der Waals surface area contributed by atoms with E-state index in [1.54, 1.807) is 6.07 Å². The number of nitrogens with zero attached hydrogens (tertiary/aromatic N) is 1. The van der Waals surface area contributed by atoms with Gasteiger partial charge in [-0.2, -0.15) is 0 Å². The lowest BCUT2D eigenvalue weighted by atomic mass is 10.1. The second-order valence-electron chi connectivity index (χ2n) is 4.72. The third kappa shape index (κ3) is 2.70. The van der Waals surface area contributed by atoms with Gasteiger partial charge in [-0.25, -0.2) is 4.39 Å². The predicted octanol–water partition coefficient (Wildman–Crippen LogP) is 2.27. The van der Waals surface area contributed by atoms with Gasteiger partial charge in [-0.05, 0) is 49.6 Å². The van der Waals surface area contributed by atoms with E-state index in [1.165, 1.54) is 19.2 Å². The van der Waals surface area contributed by atoms with Crippen LogP contribution < -0.4 is 0 Å². The van der Waals surface area contributed by atoms with Crippen molar-refractivity contribution in [2.75, 3.05) is 13.7 Å². The molecule has 1 aliphatic heterocycles. The van der Waals surface area contributed by atoms with Gasteiger partial charge in [0.1, 0.15) is 11.9 Å². The van der Waals surface area contributed by atoms with Crippen molar-refractivity contribution < 1.29 is 13.9 Å². The lowest BCUT2D eigenvalue weighted by Gasteiger charge is -2.23. The minimum atomic E-state index is -0.220. The van der Waals surface area contributed by atoms with Crippen LogP contribution in [0.25, 0.3) is 0 Å². The molecule has 2 rings (SSSR count). The Kier molecular flexibility index (Phi) is 3.97. The number of hydrogen-bond acceptors (Lipinski definition) is 3. The number of hydrogen-bond donors (Lipinski definition) is 0. The van der Waals surface area contributed by atoms with E-state index in [-0.39, 0.29) is 17.8 Å². The van der Waals surface area contributed by atoms with Crippen molar-refractivity contribution >= 4 is 5.97 Å². The molecule has 0 N–H and O–H groups in total. The number of esters is 1. The monoisotopic (exact) mass is 251 g/mol. The highest BCUT2D eigenvalue weighted by Crippen LogP contribution is 2.22. The molecule has 18 heavy (non-hydrogen) atoms. The minimum absolute atomic E-state index is 0.153. The maximum atomic E-state index is 13.0. The molecule has 4 heteroatoms. The number of carbonyl (C=O) groups is 1. The maximum absolute atomic E-state index is 13.0. The first-order chi connectivity index (χ1) is 8.61. The topological polar surface area (TPSA) is 29.5 Å². The number of rotatable bonds is 3. The molecule has 1 unspecified atom stereocenters. The van der Waals surface area contributed by atoms with Crippen LogP contribution in [0.4, 0.5) is 4.39 Å². The highest BCUT2D eigenvalue weighted by molar-refractivity contribution is 5.75. The van der Waals surface area contributed by atoms with Gasteiger partial charge < -0.3 is 4.74 Å². The maximum Gasteiger partial charge on any atom is 0.323 e. The smallest absolute Gasteiger partial charge is 0.323 e. The van der Waals surface area contributed by atoms with E-state index in [1.807, 2.05) is 6.92 Å². The third-order valence-electron chi connectivity index (χ3n) is 3.51. The summed E-state index contributed by atoms with van der Waals surface area (Å²) in [6.45, 7) is 3.45.